The summed E-state index contributed by atoms with van der Waals surface area (Å²) in [5.41, 5.74) is 0.897. The first-order chi connectivity index (χ1) is 17.5. The van der Waals surface area contributed by atoms with Crippen molar-refractivity contribution in [2.75, 3.05) is 20.3 Å². The molecule has 2 bridgehead atoms. The number of ether oxygens (including phenoxy) is 3. The number of unbranched alkanes of at least 4 members (excludes halogenated alkanes) is 1. The number of halogens is 1. The van der Waals surface area contributed by atoms with Gasteiger partial charge in [0, 0.05) is 17.8 Å². The number of methoxy groups -OCH3 is 1. The van der Waals surface area contributed by atoms with E-state index in [1.807, 2.05) is 48.5 Å². The van der Waals surface area contributed by atoms with Crippen LogP contribution in [-0.2, 0) is 19.7 Å². The summed E-state index contributed by atoms with van der Waals surface area (Å²) in [6, 6.07) is 16.2. The highest BCUT2D eigenvalue weighted by atomic mass is 19.1. The fraction of sp³-hybridized carbons (Fsp3) is 0.433. The van der Waals surface area contributed by atoms with Crippen molar-refractivity contribution in [3.05, 3.63) is 90.3 Å². The fourth-order valence-electron chi connectivity index (χ4n) is 5.54. The molecule has 0 radical (unpaired) electrons. The number of aliphatic hydroxyl groups is 1. The second-order valence-electron chi connectivity index (χ2n) is 9.65. The predicted molar refractivity (Wildman–Crippen MR) is 136 cm³/mol. The van der Waals surface area contributed by atoms with Crippen LogP contribution in [0.1, 0.15) is 37.7 Å². The minimum atomic E-state index is -0.736. The third-order valence-electron chi connectivity index (χ3n) is 7.40. The van der Waals surface area contributed by atoms with Gasteiger partial charge in [-0.15, -0.1) is 0 Å². The van der Waals surface area contributed by atoms with Crippen LogP contribution in [0.15, 0.2) is 78.9 Å². The number of para-hydroxylation sites is 1. The Balaban J connectivity index is 1.45. The van der Waals surface area contributed by atoms with Gasteiger partial charge in [0.15, 0.2) is 0 Å². The van der Waals surface area contributed by atoms with Crippen molar-refractivity contribution in [2.45, 2.75) is 49.7 Å². The average Bonchev–Trinajstić information content (AvgIpc) is 3.47. The van der Waals surface area contributed by atoms with E-state index in [9.17, 15) is 14.3 Å². The van der Waals surface area contributed by atoms with E-state index < -0.39 is 6.10 Å². The molecule has 0 unspecified atom stereocenters. The molecular weight excluding hydrogens is 459 g/mol. The van der Waals surface area contributed by atoms with Crippen molar-refractivity contribution in [2.24, 2.45) is 11.8 Å². The number of aliphatic hydroxyl groups excluding tert-OH is 1. The maximum atomic E-state index is 13.7. The van der Waals surface area contributed by atoms with Gasteiger partial charge in [-0.05, 0) is 61.4 Å². The number of carbonyl (C=O) groups is 1. The van der Waals surface area contributed by atoms with Gasteiger partial charge in [-0.3, -0.25) is 4.79 Å². The van der Waals surface area contributed by atoms with E-state index in [0.717, 1.165) is 37.0 Å². The van der Waals surface area contributed by atoms with Crippen molar-refractivity contribution >= 4 is 5.97 Å². The highest BCUT2D eigenvalue weighted by Crippen LogP contribution is 2.57. The van der Waals surface area contributed by atoms with Crippen molar-refractivity contribution in [3.8, 4) is 5.75 Å². The Hall–Kier alpha value is -2.96. The molecule has 2 aliphatic rings. The van der Waals surface area contributed by atoms with Crippen LogP contribution in [0.2, 0.25) is 0 Å². The Morgan fingerprint density at radius 3 is 2.72 bits per heavy atom. The third-order valence-corrected chi connectivity index (χ3v) is 7.40. The summed E-state index contributed by atoms with van der Waals surface area (Å²) in [4.78, 5) is 11.3. The van der Waals surface area contributed by atoms with Crippen molar-refractivity contribution in [3.63, 3.8) is 0 Å². The largest absolute Gasteiger partial charge is 0.491 e. The van der Waals surface area contributed by atoms with Crippen molar-refractivity contribution in [1.82, 2.24) is 0 Å². The highest BCUT2D eigenvalue weighted by molar-refractivity contribution is 5.69. The molecule has 5 nitrogen and oxygen atoms in total. The van der Waals surface area contributed by atoms with Crippen LogP contribution in [0, 0.1) is 17.7 Å². The minimum absolute atomic E-state index is 0.0475. The number of carbonyl (C=O) groups excluding carboxylic acids is 1. The minimum Gasteiger partial charge on any atom is -0.491 e. The molecule has 1 saturated heterocycles. The quantitative estimate of drug-likeness (QED) is 0.244. The lowest BCUT2D eigenvalue weighted by Crippen LogP contribution is -2.39. The molecule has 1 aliphatic heterocycles. The van der Waals surface area contributed by atoms with Crippen LogP contribution in [0.25, 0.3) is 0 Å². The summed E-state index contributed by atoms with van der Waals surface area (Å²) in [6.45, 7) is 0.779. The Labute approximate surface area is 212 Å². The molecule has 0 amide bonds. The summed E-state index contributed by atoms with van der Waals surface area (Å²) in [5, 5.41) is 10.5. The fourth-order valence-corrected chi connectivity index (χ4v) is 5.54. The summed E-state index contributed by atoms with van der Waals surface area (Å²) < 4.78 is 30.3. The molecule has 4 rings (SSSR count). The zero-order valence-corrected chi connectivity index (χ0v) is 20.7. The van der Waals surface area contributed by atoms with Gasteiger partial charge in [-0.1, -0.05) is 54.6 Å². The van der Waals surface area contributed by atoms with Crippen molar-refractivity contribution in [1.29, 1.82) is 0 Å². The van der Waals surface area contributed by atoms with Gasteiger partial charge in [-0.25, -0.2) is 4.39 Å². The van der Waals surface area contributed by atoms with Crippen LogP contribution in [0.5, 0.6) is 5.75 Å². The van der Waals surface area contributed by atoms with E-state index >= 15 is 0 Å². The Bertz CT molecular complexity index is 1040. The molecule has 2 fully saturated rings. The van der Waals surface area contributed by atoms with Crippen LogP contribution in [0.4, 0.5) is 4.39 Å². The van der Waals surface area contributed by atoms with Crippen molar-refractivity contribution < 1.29 is 28.5 Å². The van der Waals surface area contributed by atoms with Crippen LogP contribution < -0.4 is 4.74 Å². The van der Waals surface area contributed by atoms with Gasteiger partial charge in [0.2, 0.25) is 0 Å². The molecular formula is C30H35FO5. The maximum Gasteiger partial charge on any atom is 0.305 e. The van der Waals surface area contributed by atoms with Crippen LogP contribution >= 0.6 is 0 Å². The topological polar surface area (TPSA) is 65.0 Å². The number of benzene rings is 2. The zero-order chi connectivity index (χ0) is 25.4. The lowest BCUT2D eigenvalue weighted by Gasteiger charge is -2.38. The summed E-state index contributed by atoms with van der Waals surface area (Å²) in [5.74, 6) is 0.651. The number of hydrogen-bond acceptors (Lipinski definition) is 5. The highest BCUT2D eigenvalue weighted by Gasteiger charge is 2.58. The lowest BCUT2D eigenvalue weighted by atomic mass is 9.69. The van der Waals surface area contributed by atoms with E-state index in [2.05, 4.69) is 18.2 Å². The molecule has 0 spiro atoms. The van der Waals surface area contributed by atoms with Gasteiger partial charge < -0.3 is 19.3 Å². The normalized spacial score (nSPS) is 26.0. The third kappa shape index (κ3) is 6.23. The molecule has 1 saturated carbocycles. The number of hydrogen-bond donors (Lipinski definition) is 1. The molecule has 1 N–H and O–H groups in total. The van der Waals surface area contributed by atoms with E-state index in [0.29, 0.717) is 13.0 Å². The molecule has 36 heavy (non-hydrogen) atoms. The van der Waals surface area contributed by atoms with Crippen LogP contribution in [0.3, 0.4) is 0 Å². The smallest absolute Gasteiger partial charge is 0.305 e. The number of esters is 1. The molecule has 6 heteroatoms. The van der Waals surface area contributed by atoms with E-state index in [-0.39, 0.29) is 41.7 Å². The molecule has 0 aromatic heterocycles. The lowest BCUT2D eigenvalue weighted by molar-refractivity contribution is -0.140. The van der Waals surface area contributed by atoms with E-state index in [1.54, 1.807) is 0 Å². The summed E-state index contributed by atoms with van der Waals surface area (Å²) >= 11 is 0. The molecule has 2 aromatic carbocycles. The number of rotatable bonds is 12. The second-order valence-corrected chi connectivity index (χ2v) is 9.65. The zero-order valence-electron chi connectivity index (χ0n) is 20.7. The summed E-state index contributed by atoms with van der Waals surface area (Å²) in [6.07, 6.45) is 11.2. The maximum absolute atomic E-state index is 13.7. The molecule has 192 valence electrons. The molecule has 2 aromatic rings. The predicted octanol–water partition coefficient (Wildman–Crippen LogP) is 5.38. The average molecular weight is 495 g/mol. The number of fused-ring (bicyclic) bond motifs is 2. The molecule has 1 heterocycles. The summed E-state index contributed by atoms with van der Waals surface area (Å²) in [7, 11) is 1.41. The monoisotopic (exact) mass is 494 g/mol. The van der Waals surface area contributed by atoms with Gasteiger partial charge in [0.05, 0.1) is 19.8 Å². The van der Waals surface area contributed by atoms with Gasteiger partial charge in [0.1, 0.15) is 24.3 Å². The van der Waals surface area contributed by atoms with E-state index in [4.69, 9.17) is 14.2 Å². The van der Waals surface area contributed by atoms with Crippen LogP contribution in [-0.4, -0.2) is 43.6 Å². The Morgan fingerprint density at radius 2 is 1.97 bits per heavy atom. The first-order valence-electron chi connectivity index (χ1n) is 12.7. The molecule has 1 aliphatic carbocycles. The first kappa shape index (κ1) is 26.1. The van der Waals surface area contributed by atoms with Gasteiger partial charge >= 0.3 is 5.97 Å². The Kier molecular flexibility index (Phi) is 8.94. The van der Waals surface area contributed by atoms with Gasteiger partial charge in [0.25, 0.3) is 0 Å². The first-order valence-corrected chi connectivity index (χ1v) is 12.7. The number of allylic oxidation sites excluding steroid dienone is 2. The van der Waals surface area contributed by atoms with E-state index in [1.165, 1.54) is 19.2 Å². The standard InChI is InChI=1S/C30H35FO5/c1-34-29(33)12-8-3-2-7-11-27-26(18-17-24(32)20-35-25-9-5-4-6-10-25)28-19-30(27,21-36-28)22-13-15-23(31)16-14-22/h2,4-7,9-10,13-18,24,26-28,32H,3,8,11-12,19-21H2,1H3/b7-2-,18-17+/t24-,26-,27-,28-,30-/m0/s1. The second kappa shape index (κ2) is 12.3. The SMILES string of the molecule is COC(=O)CCC/C=C\C[C@H]1[C@H](/C=C/[C@H](O)COc2ccccc2)[C@@H]2C[C@@]1(c1ccc(F)cc1)CO2. The molecule has 5 atom stereocenters. The Morgan fingerprint density at radius 1 is 1.19 bits per heavy atom. The van der Waals surface area contributed by atoms with Gasteiger partial charge in [-0.2, -0.15) is 0 Å².